The maximum absolute atomic E-state index is 11.7. The van der Waals surface area contributed by atoms with E-state index in [1.807, 2.05) is 0 Å². The number of amides is 1. The molecule has 0 aliphatic heterocycles. The highest BCUT2D eigenvalue weighted by Gasteiger charge is 2.30. The molecule has 1 aliphatic rings. The van der Waals surface area contributed by atoms with Crippen LogP contribution in [-0.2, 0) is 9.53 Å². The van der Waals surface area contributed by atoms with Gasteiger partial charge in [0.05, 0.1) is 6.04 Å². The van der Waals surface area contributed by atoms with Crippen LogP contribution in [0.15, 0.2) is 5.11 Å². The van der Waals surface area contributed by atoms with Crippen LogP contribution in [0.2, 0.25) is 0 Å². The molecule has 0 aromatic heterocycles. The number of nitrogens with one attached hydrogen (secondary N) is 1. The van der Waals surface area contributed by atoms with Gasteiger partial charge in [0.15, 0.2) is 0 Å². The fourth-order valence-corrected chi connectivity index (χ4v) is 2.31. The lowest BCUT2D eigenvalue weighted by Gasteiger charge is -2.19. The van der Waals surface area contributed by atoms with E-state index in [2.05, 4.69) is 15.3 Å². The van der Waals surface area contributed by atoms with Gasteiger partial charge in [-0.25, -0.2) is 9.59 Å². The molecule has 9 heteroatoms. The molecule has 1 aliphatic carbocycles. The molecule has 9 nitrogen and oxygen atoms in total. The van der Waals surface area contributed by atoms with Crippen molar-refractivity contribution in [2.45, 2.75) is 56.7 Å². The Balaban J connectivity index is 2.45. The third-order valence-corrected chi connectivity index (χ3v) is 3.41. The highest BCUT2D eigenvalue weighted by atomic mass is 16.6. The van der Waals surface area contributed by atoms with Gasteiger partial charge in [-0.2, -0.15) is 0 Å². The number of carboxylic acid groups (broad SMARTS) is 1. The Morgan fingerprint density at radius 2 is 2.24 bits per heavy atom. The van der Waals surface area contributed by atoms with Crippen LogP contribution in [0.25, 0.3) is 10.4 Å². The van der Waals surface area contributed by atoms with Crippen molar-refractivity contribution in [3.8, 4) is 0 Å². The molecule has 0 spiro atoms. The average Bonchev–Trinajstić information content (AvgIpc) is 2.85. The van der Waals surface area contributed by atoms with Crippen LogP contribution < -0.4 is 11.1 Å². The summed E-state index contributed by atoms with van der Waals surface area (Å²) in [4.78, 5) is 25.5. The first-order valence-corrected chi connectivity index (χ1v) is 7.02. The first-order chi connectivity index (χ1) is 10.1. The van der Waals surface area contributed by atoms with Gasteiger partial charge in [-0.15, -0.1) is 0 Å². The van der Waals surface area contributed by atoms with Gasteiger partial charge in [-0.3, -0.25) is 0 Å². The van der Waals surface area contributed by atoms with Crippen LogP contribution in [0.4, 0.5) is 4.79 Å². The number of hydrogen-bond donors (Lipinski definition) is 3. The number of carboxylic acids is 1. The second-order valence-electron chi connectivity index (χ2n) is 4.97. The van der Waals surface area contributed by atoms with E-state index in [9.17, 15) is 9.59 Å². The Kier molecular flexibility index (Phi) is 7.34. The molecular weight excluding hydrogens is 278 g/mol. The number of alkyl carbamates (subject to hydrolysis) is 1. The summed E-state index contributed by atoms with van der Waals surface area (Å²) in [7, 11) is 0. The molecule has 1 fully saturated rings. The maximum Gasteiger partial charge on any atom is 0.408 e. The summed E-state index contributed by atoms with van der Waals surface area (Å²) in [5.41, 5.74) is 13.8. The summed E-state index contributed by atoms with van der Waals surface area (Å²) in [5.74, 6) is -1.11. The molecular formula is C12H21N5O4. The van der Waals surface area contributed by atoms with Gasteiger partial charge in [0.1, 0.15) is 12.1 Å². The lowest BCUT2D eigenvalue weighted by Crippen LogP contribution is -2.43. The van der Waals surface area contributed by atoms with Gasteiger partial charge in [-0.05, 0) is 50.6 Å². The van der Waals surface area contributed by atoms with E-state index in [0.717, 1.165) is 6.42 Å². The van der Waals surface area contributed by atoms with E-state index in [4.69, 9.17) is 21.1 Å². The average molecular weight is 299 g/mol. The molecule has 4 N–H and O–H groups in total. The molecule has 0 bridgehead atoms. The second kappa shape index (κ2) is 9.04. The number of unbranched alkanes of at least 4 members (excludes halogenated alkanes) is 1. The Morgan fingerprint density at radius 1 is 1.48 bits per heavy atom. The van der Waals surface area contributed by atoms with E-state index in [-0.39, 0.29) is 6.04 Å². The van der Waals surface area contributed by atoms with Crippen molar-refractivity contribution in [2.75, 3.05) is 6.54 Å². The molecule has 118 valence electrons. The SMILES string of the molecule is [N-]=[N+]=NC1CCC[C@H]1OC(=O)N[C@H](CCCCN)C(=O)O. The molecule has 0 saturated heterocycles. The largest absolute Gasteiger partial charge is 0.480 e. The van der Waals surface area contributed by atoms with Crippen molar-refractivity contribution in [3.05, 3.63) is 10.4 Å². The van der Waals surface area contributed by atoms with Gasteiger partial charge in [0, 0.05) is 4.91 Å². The molecule has 0 heterocycles. The van der Waals surface area contributed by atoms with Gasteiger partial charge in [0.25, 0.3) is 0 Å². The van der Waals surface area contributed by atoms with E-state index in [1.54, 1.807) is 0 Å². The quantitative estimate of drug-likeness (QED) is 0.268. The Morgan fingerprint density at radius 3 is 2.86 bits per heavy atom. The normalized spacial score (nSPS) is 22.1. The zero-order valence-electron chi connectivity index (χ0n) is 11.8. The summed E-state index contributed by atoms with van der Waals surface area (Å²) >= 11 is 0. The number of hydrogen-bond acceptors (Lipinski definition) is 5. The molecule has 3 atom stereocenters. The third kappa shape index (κ3) is 5.88. The van der Waals surface area contributed by atoms with Gasteiger partial charge < -0.3 is 20.9 Å². The summed E-state index contributed by atoms with van der Waals surface area (Å²) in [6, 6.07) is -1.37. The number of carbonyl (C=O) groups is 2. The van der Waals surface area contributed by atoms with Crippen LogP contribution >= 0.6 is 0 Å². The lowest BCUT2D eigenvalue weighted by molar-refractivity contribution is -0.139. The highest BCUT2D eigenvalue weighted by Crippen LogP contribution is 2.25. The number of nitrogens with two attached hydrogens (primary N) is 1. The minimum absolute atomic E-state index is 0.298. The van der Waals surface area contributed by atoms with E-state index in [1.165, 1.54) is 0 Å². The van der Waals surface area contributed by atoms with Gasteiger partial charge in [0.2, 0.25) is 0 Å². The molecule has 1 amide bonds. The minimum Gasteiger partial charge on any atom is -0.480 e. The monoisotopic (exact) mass is 299 g/mol. The lowest BCUT2D eigenvalue weighted by atomic mass is 10.1. The number of ether oxygens (including phenoxy) is 1. The molecule has 0 aromatic carbocycles. The minimum atomic E-state index is -1.11. The summed E-state index contributed by atoms with van der Waals surface area (Å²) < 4.78 is 5.16. The number of nitrogens with zero attached hydrogens (tertiary/aromatic N) is 3. The molecule has 1 saturated carbocycles. The summed E-state index contributed by atoms with van der Waals surface area (Å²) in [5, 5.41) is 15.0. The standard InChI is InChI=1S/C12H21N5O4/c13-7-2-1-4-9(11(18)19)15-12(20)21-10-6-3-5-8(10)16-17-14/h8-10H,1-7,13H2,(H,15,20)(H,18,19)/t8?,9-,10-/m1/s1. The van der Waals surface area contributed by atoms with Gasteiger partial charge >= 0.3 is 12.1 Å². The number of carbonyl (C=O) groups excluding carboxylic acids is 1. The number of aliphatic carboxylic acids is 1. The predicted molar refractivity (Wildman–Crippen MR) is 74.5 cm³/mol. The first-order valence-electron chi connectivity index (χ1n) is 7.02. The Bertz CT molecular complexity index is 410. The maximum atomic E-state index is 11.7. The second-order valence-corrected chi connectivity index (χ2v) is 4.97. The van der Waals surface area contributed by atoms with Crippen LogP contribution in [0.3, 0.4) is 0 Å². The molecule has 1 unspecified atom stereocenters. The van der Waals surface area contributed by atoms with Crippen molar-refractivity contribution in [2.24, 2.45) is 10.8 Å². The molecule has 0 aromatic rings. The summed E-state index contributed by atoms with van der Waals surface area (Å²) in [6.45, 7) is 0.479. The number of azide groups is 1. The van der Waals surface area contributed by atoms with Crippen molar-refractivity contribution >= 4 is 12.1 Å². The fraction of sp³-hybridized carbons (Fsp3) is 0.833. The van der Waals surface area contributed by atoms with Crippen molar-refractivity contribution in [1.29, 1.82) is 0 Å². The Hall–Kier alpha value is -1.99. The van der Waals surface area contributed by atoms with E-state index >= 15 is 0 Å². The molecule has 0 radical (unpaired) electrons. The third-order valence-electron chi connectivity index (χ3n) is 3.41. The zero-order chi connectivity index (χ0) is 15.7. The Labute approximate surface area is 122 Å². The summed E-state index contributed by atoms with van der Waals surface area (Å²) in [6.07, 6.45) is 2.41. The van der Waals surface area contributed by atoms with E-state index < -0.39 is 24.2 Å². The van der Waals surface area contributed by atoms with Crippen LogP contribution in [-0.4, -0.2) is 41.9 Å². The highest BCUT2D eigenvalue weighted by molar-refractivity contribution is 5.79. The van der Waals surface area contributed by atoms with Gasteiger partial charge in [-0.1, -0.05) is 5.11 Å². The predicted octanol–water partition coefficient (Wildman–Crippen LogP) is 1.53. The fourth-order valence-electron chi connectivity index (χ4n) is 2.31. The zero-order valence-corrected chi connectivity index (χ0v) is 11.8. The topological polar surface area (TPSA) is 150 Å². The van der Waals surface area contributed by atoms with Crippen LogP contribution in [0.5, 0.6) is 0 Å². The number of rotatable bonds is 8. The van der Waals surface area contributed by atoms with Crippen molar-refractivity contribution < 1.29 is 19.4 Å². The molecule has 21 heavy (non-hydrogen) atoms. The van der Waals surface area contributed by atoms with Crippen LogP contribution in [0, 0.1) is 0 Å². The van der Waals surface area contributed by atoms with E-state index in [0.29, 0.717) is 38.6 Å². The first kappa shape index (κ1) is 17.1. The molecule has 1 rings (SSSR count). The van der Waals surface area contributed by atoms with Crippen molar-refractivity contribution in [1.82, 2.24) is 5.32 Å². The van der Waals surface area contributed by atoms with Crippen molar-refractivity contribution in [3.63, 3.8) is 0 Å². The smallest absolute Gasteiger partial charge is 0.408 e. The van der Waals surface area contributed by atoms with Crippen LogP contribution in [0.1, 0.15) is 38.5 Å².